The van der Waals surface area contributed by atoms with Gasteiger partial charge in [-0.05, 0) is 37.5 Å². The first-order chi connectivity index (χ1) is 8.63. The van der Waals surface area contributed by atoms with Gasteiger partial charge in [-0.25, -0.2) is 4.39 Å². The molecule has 0 radical (unpaired) electrons. The minimum atomic E-state index is -0.616. The molecule has 0 spiro atoms. The first kappa shape index (κ1) is 13.3. The molecule has 1 unspecified atom stereocenters. The van der Waals surface area contributed by atoms with Crippen molar-refractivity contribution in [2.75, 3.05) is 13.2 Å². The number of amides is 1. The number of hydrogen-bond acceptors (Lipinski definition) is 2. The highest BCUT2D eigenvalue weighted by Gasteiger charge is 2.28. The number of carbonyl (C=O) groups is 1. The third-order valence-corrected chi connectivity index (χ3v) is 3.50. The molecule has 1 atom stereocenters. The van der Waals surface area contributed by atoms with Crippen LogP contribution in [-0.2, 0) is 0 Å². The monoisotopic (exact) mass is 271 g/mol. The lowest BCUT2D eigenvalue weighted by Crippen LogP contribution is -2.45. The number of benzene rings is 1. The summed E-state index contributed by atoms with van der Waals surface area (Å²) in [5.74, 6) is -0.988. The molecule has 1 heterocycles. The number of rotatable bonds is 2. The van der Waals surface area contributed by atoms with Crippen molar-refractivity contribution in [2.45, 2.75) is 25.3 Å². The smallest absolute Gasteiger partial charge is 0.257 e. The van der Waals surface area contributed by atoms with Crippen molar-refractivity contribution in [1.82, 2.24) is 4.90 Å². The number of aliphatic hydroxyl groups excluding tert-OH is 1. The van der Waals surface area contributed by atoms with Crippen molar-refractivity contribution in [3.8, 4) is 0 Å². The Morgan fingerprint density at radius 1 is 1.50 bits per heavy atom. The second-order valence-electron chi connectivity index (χ2n) is 4.45. The summed E-state index contributed by atoms with van der Waals surface area (Å²) in [6.45, 7) is 0.479. The van der Waals surface area contributed by atoms with Gasteiger partial charge >= 0.3 is 0 Å². The van der Waals surface area contributed by atoms with E-state index in [4.69, 9.17) is 11.6 Å². The quantitative estimate of drug-likeness (QED) is 0.898. The molecule has 18 heavy (non-hydrogen) atoms. The number of piperidine rings is 1. The van der Waals surface area contributed by atoms with Crippen LogP contribution in [0.4, 0.5) is 4.39 Å². The molecule has 1 amide bonds. The van der Waals surface area contributed by atoms with Crippen molar-refractivity contribution in [3.05, 3.63) is 34.6 Å². The van der Waals surface area contributed by atoms with Gasteiger partial charge in [-0.1, -0.05) is 11.6 Å². The Hall–Kier alpha value is -1.13. The van der Waals surface area contributed by atoms with E-state index in [1.54, 1.807) is 4.90 Å². The van der Waals surface area contributed by atoms with E-state index in [2.05, 4.69) is 0 Å². The van der Waals surface area contributed by atoms with Crippen LogP contribution in [-0.4, -0.2) is 35.1 Å². The maximum Gasteiger partial charge on any atom is 0.257 e. The SMILES string of the molecule is O=C(c1ccc(Cl)cc1F)N1CCCCC1CO. The fourth-order valence-corrected chi connectivity index (χ4v) is 2.43. The maximum atomic E-state index is 13.7. The summed E-state index contributed by atoms with van der Waals surface area (Å²) in [6, 6.07) is 3.81. The van der Waals surface area contributed by atoms with Crippen LogP contribution in [0.3, 0.4) is 0 Å². The van der Waals surface area contributed by atoms with Crippen LogP contribution in [0.15, 0.2) is 18.2 Å². The highest BCUT2D eigenvalue weighted by Crippen LogP contribution is 2.22. The summed E-state index contributed by atoms with van der Waals surface area (Å²) >= 11 is 5.66. The third kappa shape index (κ3) is 2.65. The van der Waals surface area contributed by atoms with Crippen molar-refractivity contribution in [2.24, 2.45) is 0 Å². The number of hydrogen-bond donors (Lipinski definition) is 1. The molecule has 0 saturated carbocycles. The minimum Gasteiger partial charge on any atom is -0.394 e. The van der Waals surface area contributed by atoms with Crippen molar-refractivity contribution in [1.29, 1.82) is 0 Å². The van der Waals surface area contributed by atoms with E-state index >= 15 is 0 Å². The zero-order valence-electron chi connectivity index (χ0n) is 9.90. The lowest BCUT2D eigenvalue weighted by Gasteiger charge is -2.34. The van der Waals surface area contributed by atoms with Crippen LogP contribution in [0.25, 0.3) is 0 Å². The summed E-state index contributed by atoms with van der Waals surface area (Å²) in [5, 5.41) is 9.53. The van der Waals surface area contributed by atoms with Crippen LogP contribution in [0, 0.1) is 5.82 Å². The molecule has 0 aromatic heterocycles. The topological polar surface area (TPSA) is 40.5 Å². The van der Waals surface area contributed by atoms with Crippen LogP contribution < -0.4 is 0 Å². The molecule has 1 fully saturated rings. The molecular weight excluding hydrogens is 257 g/mol. The molecule has 98 valence electrons. The molecule has 1 aromatic carbocycles. The lowest BCUT2D eigenvalue weighted by atomic mass is 10.0. The van der Waals surface area contributed by atoms with E-state index in [1.807, 2.05) is 0 Å². The molecule has 1 N–H and O–H groups in total. The zero-order valence-corrected chi connectivity index (χ0v) is 10.7. The van der Waals surface area contributed by atoms with Gasteiger partial charge in [0.15, 0.2) is 0 Å². The Balaban J connectivity index is 2.24. The summed E-state index contributed by atoms with van der Waals surface area (Å²) in [6.07, 6.45) is 2.63. The molecule has 3 nitrogen and oxygen atoms in total. The highest BCUT2D eigenvalue weighted by molar-refractivity contribution is 6.30. The normalized spacial score (nSPS) is 19.9. The molecule has 0 aliphatic carbocycles. The number of aliphatic hydroxyl groups is 1. The number of halogens is 2. The largest absolute Gasteiger partial charge is 0.394 e. The fourth-order valence-electron chi connectivity index (χ4n) is 2.28. The van der Waals surface area contributed by atoms with Gasteiger partial charge in [0.25, 0.3) is 5.91 Å². The fraction of sp³-hybridized carbons (Fsp3) is 0.462. The van der Waals surface area contributed by atoms with Crippen LogP contribution in [0.5, 0.6) is 0 Å². The minimum absolute atomic E-state index is 0.0137. The Morgan fingerprint density at radius 2 is 2.28 bits per heavy atom. The molecule has 1 saturated heterocycles. The van der Waals surface area contributed by atoms with Gasteiger partial charge in [0.1, 0.15) is 5.82 Å². The number of likely N-dealkylation sites (tertiary alicyclic amines) is 1. The molecule has 0 bridgehead atoms. The molecular formula is C13H15ClFNO2. The van der Waals surface area contributed by atoms with E-state index < -0.39 is 5.82 Å². The maximum absolute atomic E-state index is 13.7. The number of carbonyl (C=O) groups excluding carboxylic acids is 1. The van der Waals surface area contributed by atoms with E-state index in [1.165, 1.54) is 12.1 Å². The third-order valence-electron chi connectivity index (χ3n) is 3.26. The summed E-state index contributed by atoms with van der Waals surface area (Å²) in [4.78, 5) is 13.8. The Kier molecular flexibility index (Phi) is 4.19. The van der Waals surface area contributed by atoms with E-state index in [9.17, 15) is 14.3 Å². The van der Waals surface area contributed by atoms with Crippen molar-refractivity contribution >= 4 is 17.5 Å². The van der Waals surface area contributed by atoms with E-state index in [-0.39, 0.29) is 29.1 Å². The van der Waals surface area contributed by atoms with Crippen LogP contribution in [0.2, 0.25) is 5.02 Å². The molecule has 1 aliphatic rings. The molecule has 1 aliphatic heterocycles. The Bertz CT molecular complexity index is 453. The average Bonchev–Trinajstić information content (AvgIpc) is 2.38. The van der Waals surface area contributed by atoms with Gasteiger partial charge in [0.2, 0.25) is 0 Å². The predicted molar refractivity (Wildman–Crippen MR) is 67.2 cm³/mol. The van der Waals surface area contributed by atoms with Crippen molar-refractivity contribution < 1.29 is 14.3 Å². The van der Waals surface area contributed by atoms with E-state index in [0.717, 1.165) is 25.3 Å². The van der Waals surface area contributed by atoms with Gasteiger partial charge < -0.3 is 10.0 Å². The zero-order chi connectivity index (χ0) is 13.1. The van der Waals surface area contributed by atoms with Crippen LogP contribution in [0.1, 0.15) is 29.6 Å². The Morgan fingerprint density at radius 3 is 2.94 bits per heavy atom. The number of nitrogens with zero attached hydrogens (tertiary/aromatic N) is 1. The van der Waals surface area contributed by atoms with Gasteiger partial charge in [0, 0.05) is 11.6 Å². The predicted octanol–water partition coefficient (Wildman–Crippen LogP) is 2.47. The van der Waals surface area contributed by atoms with Crippen molar-refractivity contribution in [3.63, 3.8) is 0 Å². The van der Waals surface area contributed by atoms with Gasteiger partial charge in [0.05, 0.1) is 18.2 Å². The van der Waals surface area contributed by atoms with Crippen LogP contribution >= 0.6 is 11.6 Å². The Labute approximate surface area is 110 Å². The standard InChI is InChI=1S/C13H15ClFNO2/c14-9-4-5-11(12(15)7-9)13(18)16-6-2-1-3-10(16)8-17/h4-5,7,10,17H,1-3,6,8H2. The molecule has 5 heteroatoms. The molecule has 1 aromatic rings. The molecule has 2 rings (SSSR count). The first-order valence-corrected chi connectivity index (χ1v) is 6.38. The van der Waals surface area contributed by atoms with E-state index in [0.29, 0.717) is 6.54 Å². The lowest BCUT2D eigenvalue weighted by molar-refractivity contribution is 0.0498. The first-order valence-electron chi connectivity index (χ1n) is 6.00. The summed E-state index contributed by atoms with van der Waals surface area (Å²) < 4.78 is 13.7. The second kappa shape index (κ2) is 5.67. The average molecular weight is 272 g/mol. The second-order valence-corrected chi connectivity index (χ2v) is 4.89. The van der Waals surface area contributed by atoms with Gasteiger partial charge in [-0.3, -0.25) is 4.79 Å². The highest BCUT2D eigenvalue weighted by atomic mass is 35.5. The van der Waals surface area contributed by atoms with Gasteiger partial charge in [-0.2, -0.15) is 0 Å². The summed E-state index contributed by atoms with van der Waals surface area (Å²) in [7, 11) is 0. The summed E-state index contributed by atoms with van der Waals surface area (Å²) in [5.41, 5.74) is 0.0137. The van der Waals surface area contributed by atoms with Gasteiger partial charge in [-0.15, -0.1) is 0 Å².